The van der Waals surface area contributed by atoms with Gasteiger partial charge in [-0.25, -0.2) is 4.79 Å². The van der Waals surface area contributed by atoms with Gasteiger partial charge in [-0.1, -0.05) is 41.6 Å². The molecule has 2 aromatic carbocycles. The quantitative estimate of drug-likeness (QED) is 0.246. The van der Waals surface area contributed by atoms with Crippen molar-refractivity contribution in [3.63, 3.8) is 0 Å². The lowest BCUT2D eigenvalue weighted by molar-refractivity contribution is -0.149. The number of ether oxygens (including phenoxy) is 3. The number of hydrogen-bond donors (Lipinski definition) is 1. The van der Waals surface area contributed by atoms with E-state index >= 15 is 0 Å². The fourth-order valence-electron chi connectivity index (χ4n) is 3.77. The van der Waals surface area contributed by atoms with Gasteiger partial charge in [0.25, 0.3) is 0 Å². The van der Waals surface area contributed by atoms with Gasteiger partial charge < -0.3 is 23.8 Å². The van der Waals surface area contributed by atoms with Crippen LogP contribution in [-0.4, -0.2) is 36.1 Å². The van der Waals surface area contributed by atoms with Crippen molar-refractivity contribution in [2.45, 2.75) is 39.6 Å². The van der Waals surface area contributed by atoms with Crippen LogP contribution in [-0.2, 0) is 33.9 Å². The fourth-order valence-corrected chi connectivity index (χ4v) is 4.86. The van der Waals surface area contributed by atoms with Crippen molar-refractivity contribution in [3.05, 3.63) is 82.4 Å². The zero-order valence-electron chi connectivity index (χ0n) is 20.5. The molecule has 4 aromatic rings. The average molecular weight is 508 g/mol. The lowest BCUT2D eigenvalue weighted by Gasteiger charge is -2.13. The molecule has 4 rings (SSSR count). The average Bonchev–Trinajstić information content (AvgIpc) is 3.50. The number of nitrogens with zero attached hydrogens (tertiary/aromatic N) is 1. The van der Waals surface area contributed by atoms with E-state index < -0.39 is 12.1 Å². The third-order valence-corrected chi connectivity index (χ3v) is 6.94. The molecule has 1 unspecified atom stereocenters. The summed E-state index contributed by atoms with van der Waals surface area (Å²) in [7, 11) is 1.63. The molecule has 0 radical (unpaired) electrons. The van der Waals surface area contributed by atoms with Crippen LogP contribution in [0.5, 0.6) is 5.75 Å². The number of thiophene rings is 1. The van der Waals surface area contributed by atoms with E-state index in [-0.39, 0.29) is 0 Å². The summed E-state index contributed by atoms with van der Waals surface area (Å²) in [5.74, 6) is 0.498. The molecular weight excluding hydrogens is 478 g/mol. The second kappa shape index (κ2) is 12.0. The summed E-state index contributed by atoms with van der Waals surface area (Å²) in [5, 5.41) is 13.3. The molecule has 2 aromatic heterocycles. The van der Waals surface area contributed by atoms with E-state index in [1.54, 1.807) is 25.4 Å². The Hall–Kier alpha value is -3.46. The molecule has 0 saturated carbocycles. The molecule has 36 heavy (non-hydrogen) atoms. The monoisotopic (exact) mass is 507 g/mol. The Kier molecular flexibility index (Phi) is 8.53. The van der Waals surface area contributed by atoms with Gasteiger partial charge in [0.2, 0.25) is 0 Å². The van der Waals surface area contributed by atoms with Gasteiger partial charge >= 0.3 is 5.97 Å². The molecule has 1 N–H and O–H groups in total. The van der Waals surface area contributed by atoms with E-state index in [2.05, 4.69) is 30.3 Å². The highest BCUT2D eigenvalue weighted by Gasteiger charge is 2.18. The molecule has 0 aliphatic rings. The molecule has 2 heterocycles. The molecule has 0 aliphatic carbocycles. The Labute approximate surface area is 214 Å². The van der Waals surface area contributed by atoms with Crippen molar-refractivity contribution in [2.24, 2.45) is 0 Å². The van der Waals surface area contributed by atoms with Crippen LogP contribution in [0.2, 0.25) is 0 Å². The summed E-state index contributed by atoms with van der Waals surface area (Å²) in [6.45, 7) is 5.12. The maximum absolute atomic E-state index is 11.3. The molecule has 0 fully saturated rings. The van der Waals surface area contributed by atoms with Gasteiger partial charge in [0.05, 0.1) is 6.61 Å². The first-order valence-electron chi connectivity index (χ1n) is 11.7. The second-order valence-electron chi connectivity index (χ2n) is 8.33. The standard InChI is InChI=1S/C28H29NO6S/c1-4-33-25(28(30)31)14-19-5-11-23(12-6-19)34-17-27-18(2)13-26(36-27)21-9-7-20(8-10-21)24-15-22(16-32-3)29-35-24/h5-13,15,25H,4,14,16-17H2,1-3H3,(H,30,31). The number of carboxylic acid groups (broad SMARTS) is 1. The van der Waals surface area contributed by atoms with Gasteiger partial charge in [0, 0.05) is 41.5 Å². The molecule has 7 nitrogen and oxygen atoms in total. The van der Waals surface area contributed by atoms with Gasteiger partial charge in [-0.15, -0.1) is 11.3 Å². The van der Waals surface area contributed by atoms with Crippen molar-refractivity contribution in [1.82, 2.24) is 5.16 Å². The molecule has 0 amide bonds. The number of methoxy groups -OCH3 is 1. The smallest absolute Gasteiger partial charge is 0.333 e. The van der Waals surface area contributed by atoms with Crippen LogP contribution in [0.1, 0.15) is 28.6 Å². The number of aryl methyl sites for hydroxylation is 1. The van der Waals surface area contributed by atoms with Crippen LogP contribution in [0.25, 0.3) is 21.8 Å². The van der Waals surface area contributed by atoms with Gasteiger partial charge in [-0.05, 0) is 48.7 Å². The summed E-state index contributed by atoms with van der Waals surface area (Å²) < 4.78 is 21.8. The van der Waals surface area contributed by atoms with Crippen molar-refractivity contribution in [1.29, 1.82) is 0 Å². The number of carboxylic acids is 1. The van der Waals surface area contributed by atoms with Gasteiger partial charge in [-0.2, -0.15) is 0 Å². The number of carbonyl (C=O) groups is 1. The van der Waals surface area contributed by atoms with Crippen LogP contribution >= 0.6 is 11.3 Å². The molecule has 0 spiro atoms. The summed E-state index contributed by atoms with van der Waals surface area (Å²) in [5.41, 5.74) is 4.92. The minimum absolute atomic E-state index is 0.320. The van der Waals surface area contributed by atoms with Crippen LogP contribution in [0.4, 0.5) is 0 Å². The summed E-state index contributed by atoms with van der Waals surface area (Å²) >= 11 is 1.71. The summed E-state index contributed by atoms with van der Waals surface area (Å²) in [6.07, 6.45) is -0.521. The maximum Gasteiger partial charge on any atom is 0.333 e. The number of hydrogen-bond acceptors (Lipinski definition) is 7. The second-order valence-corrected chi connectivity index (χ2v) is 9.47. The van der Waals surface area contributed by atoms with Crippen LogP contribution in [0.15, 0.2) is 65.2 Å². The number of aromatic nitrogens is 1. The molecular formula is C28H29NO6S. The third kappa shape index (κ3) is 6.40. The molecule has 0 bridgehead atoms. The predicted octanol–water partition coefficient (Wildman–Crippen LogP) is 6.14. The minimum atomic E-state index is -0.954. The lowest BCUT2D eigenvalue weighted by Crippen LogP contribution is -2.26. The van der Waals surface area contributed by atoms with E-state index in [0.717, 1.165) is 33.0 Å². The Morgan fingerprint density at radius 2 is 1.78 bits per heavy atom. The number of benzene rings is 2. The van der Waals surface area contributed by atoms with Gasteiger partial charge in [0.1, 0.15) is 18.1 Å². The van der Waals surface area contributed by atoms with Crippen molar-refractivity contribution >= 4 is 17.3 Å². The SMILES string of the molecule is CCOC(Cc1ccc(OCc2sc(-c3ccc(-c4cc(COC)no4)cc3)cc2C)cc1)C(=O)O. The Morgan fingerprint density at radius 3 is 2.44 bits per heavy atom. The van der Waals surface area contributed by atoms with Crippen LogP contribution < -0.4 is 4.74 Å². The maximum atomic E-state index is 11.3. The van der Waals surface area contributed by atoms with E-state index in [4.69, 9.17) is 18.7 Å². The molecule has 1 atom stereocenters. The summed E-state index contributed by atoms with van der Waals surface area (Å²) in [4.78, 5) is 13.6. The first-order valence-corrected chi connectivity index (χ1v) is 12.5. The molecule has 0 aliphatic heterocycles. The highest BCUT2D eigenvalue weighted by molar-refractivity contribution is 7.15. The third-order valence-electron chi connectivity index (χ3n) is 5.68. The highest BCUT2D eigenvalue weighted by Crippen LogP contribution is 2.33. The summed E-state index contributed by atoms with van der Waals surface area (Å²) in [6, 6.07) is 19.8. The fraction of sp³-hybridized carbons (Fsp3) is 0.286. The zero-order chi connectivity index (χ0) is 25.5. The van der Waals surface area contributed by atoms with Crippen LogP contribution in [0, 0.1) is 6.92 Å². The molecule has 0 saturated heterocycles. The van der Waals surface area contributed by atoms with E-state index in [1.165, 1.54) is 10.4 Å². The van der Waals surface area contributed by atoms with Crippen LogP contribution in [0.3, 0.4) is 0 Å². The number of rotatable bonds is 12. The van der Waals surface area contributed by atoms with E-state index in [9.17, 15) is 9.90 Å². The van der Waals surface area contributed by atoms with Gasteiger partial charge in [0.15, 0.2) is 11.9 Å². The van der Waals surface area contributed by atoms with Crippen molar-refractivity contribution in [2.75, 3.05) is 13.7 Å². The Morgan fingerprint density at radius 1 is 1.06 bits per heavy atom. The van der Waals surface area contributed by atoms with E-state index in [1.807, 2.05) is 42.5 Å². The Bertz CT molecular complexity index is 1280. The highest BCUT2D eigenvalue weighted by atomic mass is 32.1. The first kappa shape index (κ1) is 25.6. The van der Waals surface area contributed by atoms with Crippen molar-refractivity contribution < 1.29 is 28.6 Å². The van der Waals surface area contributed by atoms with Gasteiger partial charge in [-0.3, -0.25) is 0 Å². The minimum Gasteiger partial charge on any atom is -0.488 e. The normalized spacial score (nSPS) is 12.0. The molecule has 188 valence electrons. The zero-order valence-corrected chi connectivity index (χ0v) is 21.3. The number of aliphatic carboxylic acids is 1. The largest absolute Gasteiger partial charge is 0.488 e. The molecule has 8 heteroatoms. The van der Waals surface area contributed by atoms with E-state index in [0.29, 0.717) is 32.0 Å². The Balaban J connectivity index is 1.37. The first-order chi connectivity index (χ1) is 17.5. The lowest BCUT2D eigenvalue weighted by atomic mass is 10.1. The topological polar surface area (TPSA) is 91.0 Å². The van der Waals surface area contributed by atoms with Crippen molar-refractivity contribution in [3.8, 4) is 27.5 Å². The predicted molar refractivity (Wildman–Crippen MR) is 138 cm³/mol.